The molecule has 4 heterocycles. The van der Waals surface area contributed by atoms with Gasteiger partial charge in [0.15, 0.2) is 5.82 Å². The molecule has 0 unspecified atom stereocenters. The van der Waals surface area contributed by atoms with Crippen LogP contribution >= 0.6 is 0 Å². The summed E-state index contributed by atoms with van der Waals surface area (Å²) in [6.07, 6.45) is 6.95. The van der Waals surface area contributed by atoms with E-state index in [1.807, 2.05) is 35.4 Å². The van der Waals surface area contributed by atoms with Crippen molar-refractivity contribution in [3.8, 4) is 0 Å². The number of fused-ring (bicyclic) bond motifs is 1. The van der Waals surface area contributed by atoms with Crippen LogP contribution in [0.1, 0.15) is 18.5 Å². The third-order valence-corrected chi connectivity index (χ3v) is 5.96. The molecule has 2 saturated heterocycles. The SMILES string of the molecule is OCC1CCN(c2nccnc2C2(O)CN(c3ncc4ccccc4n3)C2)CC1. The van der Waals surface area contributed by atoms with Gasteiger partial charge in [-0.15, -0.1) is 0 Å². The quantitative estimate of drug-likeness (QED) is 0.686. The van der Waals surface area contributed by atoms with Gasteiger partial charge in [0.1, 0.15) is 11.3 Å². The van der Waals surface area contributed by atoms with Crippen molar-refractivity contribution in [1.82, 2.24) is 19.9 Å². The zero-order chi connectivity index (χ0) is 19.8. The standard InChI is InChI=1S/C21H24N6O2/c28-12-15-5-9-26(10-6-15)19-18(22-7-8-23-19)21(29)13-27(14-21)20-24-11-16-3-1-2-4-17(16)25-20/h1-4,7-8,11,15,28-29H,5-6,9-10,12-14H2. The number of piperidine rings is 1. The highest BCUT2D eigenvalue weighted by molar-refractivity contribution is 5.78. The Morgan fingerprint density at radius 3 is 2.55 bits per heavy atom. The van der Waals surface area contributed by atoms with Gasteiger partial charge in [-0.2, -0.15) is 0 Å². The fourth-order valence-electron chi connectivity index (χ4n) is 4.21. The molecule has 3 aromatic rings. The summed E-state index contributed by atoms with van der Waals surface area (Å²) < 4.78 is 0. The van der Waals surface area contributed by atoms with Gasteiger partial charge in [0, 0.05) is 43.7 Å². The van der Waals surface area contributed by atoms with Crippen molar-refractivity contribution in [2.45, 2.75) is 18.4 Å². The Balaban J connectivity index is 1.36. The Bertz CT molecular complexity index is 1010. The second-order valence-electron chi connectivity index (χ2n) is 7.96. The Hall–Kier alpha value is -2.84. The van der Waals surface area contributed by atoms with E-state index in [1.54, 1.807) is 12.4 Å². The van der Waals surface area contributed by atoms with Crippen LogP contribution in [0.5, 0.6) is 0 Å². The Morgan fingerprint density at radius 1 is 1.00 bits per heavy atom. The summed E-state index contributed by atoms with van der Waals surface area (Å²) in [4.78, 5) is 22.2. The molecule has 2 aliphatic heterocycles. The number of benzene rings is 1. The monoisotopic (exact) mass is 392 g/mol. The molecule has 150 valence electrons. The summed E-state index contributed by atoms with van der Waals surface area (Å²) in [6, 6.07) is 7.87. The maximum absolute atomic E-state index is 11.3. The van der Waals surface area contributed by atoms with Gasteiger partial charge in [-0.1, -0.05) is 18.2 Å². The van der Waals surface area contributed by atoms with E-state index in [9.17, 15) is 10.2 Å². The van der Waals surface area contributed by atoms with Crippen molar-refractivity contribution in [2.24, 2.45) is 5.92 Å². The van der Waals surface area contributed by atoms with Gasteiger partial charge >= 0.3 is 0 Å². The average Bonchev–Trinajstić information content (AvgIpc) is 2.76. The number of nitrogens with zero attached hydrogens (tertiary/aromatic N) is 6. The highest BCUT2D eigenvalue weighted by Crippen LogP contribution is 2.37. The largest absolute Gasteiger partial charge is 0.396 e. The second-order valence-corrected chi connectivity index (χ2v) is 7.96. The normalized spacial score (nSPS) is 19.4. The van der Waals surface area contributed by atoms with Crippen molar-refractivity contribution in [1.29, 1.82) is 0 Å². The minimum atomic E-state index is -1.08. The molecule has 5 rings (SSSR count). The summed E-state index contributed by atoms with van der Waals surface area (Å²) in [6.45, 7) is 2.61. The second kappa shape index (κ2) is 7.20. The number of hydrogen-bond acceptors (Lipinski definition) is 8. The number of hydrogen-bond donors (Lipinski definition) is 2. The number of aromatic nitrogens is 4. The zero-order valence-electron chi connectivity index (χ0n) is 16.1. The molecule has 0 saturated carbocycles. The molecular formula is C21H24N6O2. The molecule has 0 amide bonds. The molecule has 0 spiro atoms. The average molecular weight is 392 g/mol. The molecule has 8 nitrogen and oxygen atoms in total. The maximum Gasteiger partial charge on any atom is 0.226 e. The number of para-hydroxylation sites is 1. The zero-order valence-corrected chi connectivity index (χ0v) is 16.1. The molecule has 2 aromatic heterocycles. The van der Waals surface area contributed by atoms with E-state index in [1.165, 1.54) is 0 Å². The van der Waals surface area contributed by atoms with Crippen molar-refractivity contribution in [3.63, 3.8) is 0 Å². The van der Waals surface area contributed by atoms with E-state index >= 15 is 0 Å². The lowest BCUT2D eigenvalue weighted by molar-refractivity contribution is 0.00253. The highest BCUT2D eigenvalue weighted by atomic mass is 16.3. The van der Waals surface area contributed by atoms with Gasteiger partial charge in [0.05, 0.1) is 18.6 Å². The first-order chi connectivity index (χ1) is 14.2. The Kier molecular flexibility index (Phi) is 4.52. The Labute approximate surface area is 168 Å². The smallest absolute Gasteiger partial charge is 0.226 e. The molecule has 2 N–H and O–H groups in total. The van der Waals surface area contributed by atoms with Crippen LogP contribution in [0.15, 0.2) is 42.9 Å². The van der Waals surface area contributed by atoms with Gasteiger partial charge < -0.3 is 20.0 Å². The molecule has 0 bridgehead atoms. The maximum atomic E-state index is 11.3. The van der Waals surface area contributed by atoms with Gasteiger partial charge in [0.2, 0.25) is 5.95 Å². The van der Waals surface area contributed by atoms with E-state index in [0.717, 1.165) is 42.7 Å². The first-order valence-electron chi connectivity index (χ1n) is 10.0. The first-order valence-corrected chi connectivity index (χ1v) is 10.0. The third-order valence-electron chi connectivity index (χ3n) is 5.96. The van der Waals surface area contributed by atoms with E-state index in [-0.39, 0.29) is 6.61 Å². The molecule has 8 heteroatoms. The van der Waals surface area contributed by atoms with E-state index in [4.69, 9.17) is 0 Å². The first kappa shape index (κ1) is 18.2. The number of β-amino-alcohol motifs (C(OH)–C–C–N with tert-alkyl or cyclic N) is 1. The lowest BCUT2D eigenvalue weighted by atomic mass is 9.89. The number of anilines is 2. The van der Waals surface area contributed by atoms with Gasteiger partial charge in [-0.05, 0) is 24.8 Å². The molecule has 2 fully saturated rings. The van der Waals surface area contributed by atoms with Crippen LogP contribution in [0.2, 0.25) is 0 Å². The summed E-state index contributed by atoms with van der Waals surface area (Å²) in [7, 11) is 0. The summed E-state index contributed by atoms with van der Waals surface area (Å²) in [5, 5.41) is 21.6. The summed E-state index contributed by atoms with van der Waals surface area (Å²) >= 11 is 0. The molecule has 0 radical (unpaired) electrons. The lowest BCUT2D eigenvalue weighted by Gasteiger charge is -2.47. The molecular weight excluding hydrogens is 368 g/mol. The van der Waals surface area contributed by atoms with Crippen LogP contribution in [0.3, 0.4) is 0 Å². The van der Waals surface area contributed by atoms with Crippen LogP contribution in [-0.2, 0) is 5.60 Å². The fourth-order valence-corrected chi connectivity index (χ4v) is 4.21. The van der Waals surface area contributed by atoms with Gasteiger partial charge in [-0.25, -0.2) is 15.0 Å². The minimum Gasteiger partial charge on any atom is -0.396 e. The van der Waals surface area contributed by atoms with Crippen molar-refractivity contribution >= 4 is 22.7 Å². The van der Waals surface area contributed by atoms with Crippen molar-refractivity contribution in [2.75, 3.05) is 42.6 Å². The summed E-state index contributed by atoms with van der Waals surface area (Å²) in [5.74, 6) is 1.70. The van der Waals surface area contributed by atoms with Gasteiger partial charge in [0.25, 0.3) is 0 Å². The van der Waals surface area contributed by atoms with Crippen LogP contribution < -0.4 is 9.80 Å². The Morgan fingerprint density at radius 2 is 1.76 bits per heavy atom. The predicted molar refractivity (Wildman–Crippen MR) is 110 cm³/mol. The van der Waals surface area contributed by atoms with Crippen LogP contribution in [-0.4, -0.2) is 62.9 Å². The summed E-state index contributed by atoms with van der Waals surface area (Å²) in [5.41, 5.74) is 0.422. The van der Waals surface area contributed by atoms with E-state index in [2.05, 4.69) is 24.8 Å². The molecule has 0 aliphatic carbocycles. The van der Waals surface area contributed by atoms with Crippen LogP contribution in [0.25, 0.3) is 10.9 Å². The lowest BCUT2D eigenvalue weighted by Crippen LogP contribution is -2.61. The molecule has 1 aromatic carbocycles. The third kappa shape index (κ3) is 3.28. The molecule has 0 atom stereocenters. The number of aliphatic hydroxyl groups is 2. The predicted octanol–water partition coefficient (Wildman–Crippen LogP) is 1.34. The van der Waals surface area contributed by atoms with Crippen LogP contribution in [0, 0.1) is 5.92 Å². The topological polar surface area (TPSA) is 98.5 Å². The van der Waals surface area contributed by atoms with Crippen molar-refractivity contribution < 1.29 is 10.2 Å². The van der Waals surface area contributed by atoms with Crippen molar-refractivity contribution in [3.05, 3.63) is 48.5 Å². The molecule has 29 heavy (non-hydrogen) atoms. The van der Waals surface area contributed by atoms with Gasteiger partial charge in [-0.3, -0.25) is 4.98 Å². The fraction of sp³-hybridized carbons (Fsp3) is 0.429. The number of rotatable bonds is 4. The highest BCUT2D eigenvalue weighted by Gasteiger charge is 2.47. The van der Waals surface area contributed by atoms with E-state index < -0.39 is 5.60 Å². The minimum absolute atomic E-state index is 0.228. The molecule has 2 aliphatic rings. The number of aliphatic hydroxyl groups excluding tert-OH is 1. The van der Waals surface area contributed by atoms with Crippen LogP contribution in [0.4, 0.5) is 11.8 Å². The van der Waals surface area contributed by atoms with E-state index in [0.29, 0.717) is 30.6 Å².